The first-order chi connectivity index (χ1) is 17.7. The molecule has 6 aromatic rings. The first kappa shape index (κ1) is 22.2. The Morgan fingerprint density at radius 2 is 1.58 bits per heavy atom. The lowest BCUT2D eigenvalue weighted by Crippen LogP contribution is -2.06. The van der Waals surface area contributed by atoms with Crippen LogP contribution in [-0.4, -0.2) is 14.5 Å². The molecule has 0 bridgehead atoms. The predicted octanol–water partition coefficient (Wildman–Crippen LogP) is 8.69. The lowest BCUT2D eigenvalue weighted by Gasteiger charge is -2.14. The molecule has 2 heterocycles. The van der Waals surface area contributed by atoms with Gasteiger partial charge in [0.1, 0.15) is 0 Å². The molecule has 0 radical (unpaired) electrons. The number of rotatable bonds is 5. The molecule has 0 aliphatic heterocycles. The Hall–Kier alpha value is -4.24. The molecule has 0 amide bonds. The van der Waals surface area contributed by atoms with Crippen molar-refractivity contribution in [1.29, 1.82) is 0 Å². The molecule has 0 unspecified atom stereocenters. The summed E-state index contributed by atoms with van der Waals surface area (Å²) in [4.78, 5) is 10.5. The summed E-state index contributed by atoms with van der Waals surface area (Å²) in [7, 11) is 0. The molecule has 36 heavy (non-hydrogen) atoms. The summed E-state index contributed by atoms with van der Waals surface area (Å²) in [6.45, 7) is 6.56. The fourth-order valence-corrected chi connectivity index (χ4v) is 5.25. The molecule has 0 saturated carbocycles. The average Bonchev–Trinajstić information content (AvgIpc) is 3.23. The summed E-state index contributed by atoms with van der Waals surface area (Å²) < 4.78 is 2.26. The van der Waals surface area contributed by atoms with Crippen molar-refractivity contribution in [3.8, 4) is 17.2 Å². The van der Waals surface area contributed by atoms with Crippen molar-refractivity contribution in [3.05, 3.63) is 108 Å². The fourth-order valence-electron chi connectivity index (χ4n) is 5.25. The zero-order valence-corrected chi connectivity index (χ0v) is 21.0. The van der Waals surface area contributed by atoms with E-state index in [1.807, 2.05) is 6.07 Å². The van der Waals surface area contributed by atoms with E-state index in [0.717, 1.165) is 45.9 Å². The van der Waals surface area contributed by atoms with Crippen LogP contribution >= 0.6 is 0 Å². The van der Waals surface area contributed by atoms with Crippen molar-refractivity contribution in [3.63, 3.8) is 0 Å². The molecule has 6 rings (SSSR count). The molecule has 4 aromatic carbocycles. The molecule has 0 atom stereocenters. The SMILES string of the molecule is CC/C=C\c1c(CC)c2cc(C)ccc2n1-c1nc(-c2ccccc2)c2ccc3ccccc3c2n1. The summed E-state index contributed by atoms with van der Waals surface area (Å²) in [6, 6.07) is 30.0. The predicted molar refractivity (Wildman–Crippen MR) is 153 cm³/mol. The molecular weight excluding hydrogens is 438 g/mol. The highest BCUT2D eigenvalue weighted by Crippen LogP contribution is 2.35. The third-order valence-corrected chi connectivity index (χ3v) is 6.96. The first-order valence-corrected chi connectivity index (χ1v) is 12.8. The van der Waals surface area contributed by atoms with Crippen molar-refractivity contribution >= 4 is 38.7 Å². The van der Waals surface area contributed by atoms with E-state index in [-0.39, 0.29) is 0 Å². The number of allylic oxidation sites excluding steroid dienone is 1. The van der Waals surface area contributed by atoms with Crippen molar-refractivity contribution in [2.24, 2.45) is 0 Å². The van der Waals surface area contributed by atoms with Gasteiger partial charge in [0.25, 0.3) is 0 Å². The fraction of sp³-hybridized carbons (Fsp3) is 0.152. The lowest BCUT2D eigenvalue weighted by atomic mass is 10.0. The zero-order chi connectivity index (χ0) is 24.6. The van der Waals surface area contributed by atoms with Crippen molar-refractivity contribution in [1.82, 2.24) is 14.5 Å². The van der Waals surface area contributed by atoms with Gasteiger partial charge in [0.15, 0.2) is 0 Å². The van der Waals surface area contributed by atoms with Gasteiger partial charge in [-0.1, -0.05) is 92.2 Å². The second kappa shape index (κ2) is 9.09. The Morgan fingerprint density at radius 1 is 0.778 bits per heavy atom. The maximum absolute atomic E-state index is 5.27. The Labute approximate surface area is 211 Å². The molecule has 0 fully saturated rings. The van der Waals surface area contributed by atoms with Crippen LogP contribution in [0.3, 0.4) is 0 Å². The van der Waals surface area contributed by atoms with Crippen molar-refractivity contribution < 1.29 is 0 Å². The molecule has 0 spiro atoms. The van der Waals surface area contributed by atoms with Gasteiger partial charge in [0, 0.05) is 21.7 Å². The highest BCUT2D eigenvalue weighted by molar-refractivity contribution is 6.09. The Bertz CT molecular complexity index is 1760. The number of hydrogen-bond acceptors (Lipinski definition) is 2. The van der Waals surface area contributed by atoms with Gasteiger partial charge in [-0.15, -0.1) is 0 Å². The van der Waals surface area contributed by atoms with Crippen molar-refractivity contribution in [2.45, 2.75) is 33.6 Å². The summed E-state index contributed by atoms with van der Waals surface area (Å²) in [5.74, 6) is 0.710. The third-order valence-electron chi connectivity index (χ3n) is 6.96. The largest absolute Gasteiger partial charge is 0.278 e. The van der Waals surface area contributed by atoms with Gasteiger partial charge >= 0.3 is 0 Å². The number of aromatic nitrogens is 3. The molecule has 0 saturated heterocycles. The van der Waals surface area contributed by atoms with Gasteiger partial charge in [-0.05, 0) is 55.0 Å². The molecule has 3 heteroatoms. The minimum absolute atomic E-state index is 0.710. The number of fused-ring (bicyclic) bond motifs is 4. The molecule has 176 valence electrons. The number of hydrogen-bond donors (Lipinski definition) is 0. The third kappa shape index (κ3) is 3.59. The Balaban J connectivity index is 1.78. The van der Waals surface area contributed by atoms with Crippen LogP contribution in [0.25, 0.3) is 55.9 Å². The van der Waals surface area contributed by atoms with E-state index in [9.17, 15) is 0 Å². The highest BCUT2D eigenvalue weighted by Gasteiger charge is 2.20. The second-order valence-electron chi connectivity index (χ2n) is 9.31. The first-order valence-electron chi connectivity index (χ1n) is 12.8. The van der Waals surface area contributed by atoms with Gasteiger partial charge < -0.3 is 0 Å². The van der Waals surface area contributed by atoms with Crippen LogP contribution in [0, 0.1) is 6.92 Å². The monoisotopic (exact) mass is 467 g/mol. The van der Waals surface area contributed by atoms with Gasteiger partial charge in [0.05, 0.1) is 22.4 Å². The van der Waals surface area contributed by atoms with Gasteiger partial charge in [0.2, 0.25) is 5.95 Å². The van der Waals surface area contributed by atoms with Crippen LogP contribution in [0.15, 0.2) is 91.0 Å². The van der Waals surface area contributed by atoms with Crippen LogP contribution in [0.4, 0.5) is 0 Å². The molecule has 0 N–H and O–H groups in total. The van der Waals surface area contributed by atoms with E-state index in [0.29, 0.717) is 5.95 Å². The smallest absolute Gasteiger partial charge is 0.235 e. The van der Waals surface area contributed by atoms with E-state index >= 15 is 0 Å². The van der Waals surface area contributed by atoms with E-state index in [2.05, 4.69) is 116 Å². The maximum Gasteiger partial charge on any atom is 0.235 e. The Morgan fingerprint density at radius 3 is 2.39 bits per heavy atom. The second-order valence-corrected chi connectivity index (χ2v) is 9.31. The number of aryl methyl sites for hydroxylation is 2. The van der Waals surface area contributed by atoms with E-state index in [4.69, 9.17) is 9.97 Å². The van der Waals surface area contributed by atoms with Crippen LogP contribution < -0.4 is 0 Å². The molecule has 2 aromatic heterocycles. The van der Waals surface area contributed by atoms with Crippen LogP contribution in [0.1, 0.15) is 37.1 Å². The summed E-state index contributed by atoms with van der Waals surface area (Å²) in [5.41, 5.74) is 7.94. The molecule has 0 aliphatic rings. The highest BCUT2D eigenvalue weighted by atomic mass is 15.2. The normalized spacial score (nSPS) is 11.9. The standard InChI is InChI=1S/C33H29N3/c1-4-6-16-29-25(5-2)28-21-22(3)17-20-30(28)36(29)33-34-31(24-13-8-7-9-14-24)27-19-18-23-12-10-11-15-26(23)32(27)35-33/h6-21H,4-5H2,1-3H3/b16-6-. The molecule has 3 nitrogen and oxygen atoms in total. The Kier molecular flexibility index (Phi) is 5.61. The van der Waals surface area contributed by atoms with Crippen LogP contribution in [-0.2, 0) is 6.42 Å². The number of nitrogens with zero attached hydrogens (tertiary/aromatic N) is 3. The van der Waals surface area contributed by atoms with Gasteiger partial charge in [-0.2, -0.15) is 0 Å². The van der Waals surface area contributed by atoms with E-state index in [1.54, 1.807) is 0 Å². The maximum atomic E-state index is 5.27. The van der Waals surface area contributed by atoms with Gasteiger partial charge in [-0.3, -0.25) is 4.57 Å². The topological polar surface area (TPSA) is 30.7 Å². The van der Waals surface area contributed by atoms with E-state index in [1.165, 1.54) is 27.6 Å². The minimum Gasteiger partial charge on any atom is -0.278 e. The summed E-state index contributed by atoms with van der Waals surface area (Å²) in [6.07, 6.45) is 6.39. The summed E-state index contributed by atoms with van der Waals surface area (Å²) in [5, 5.41) is 4.67. The van der Waals surface area contributed by atoms with Crippen molar-refractivity contribution in [2.75, 3.05) is 0 Å². The van der Waals surface area contributed by atoms with Crippen LogP contribution in [0.5, 0.6) is 0 Å². The average molecular weight is 468 g/mol. The zero-order valence-electron chi connectivity index (χ0n) is 21.0. The quantitative estimate of drug-likeness (QED) is 0.237. The minimum atomic E-state index is 0.710. The summed E-state index contributed by atoms with van der Waals surface area (Å²) >= 11 is 0. The van der Waals surface area contributed by atoms with Gasteiger partial charge in [-0.25, -0.2) is 9.97 Å². The van der Waals surface area contributed by atoms with E-state index < -0.39 is 0 Å². The molecular formula is C33H29N3. The lowest BCUT2D eigenvalue weighted by molar-refractivity contribution is 0.960. The van der Waals surface area contributed by atoms with Crippen LogP contribution in [0.2, 0.25) is 0 Å². The number of benzene rings is 4. The molecule has 0 aliphatic carbocycles.